The van der Waals surface area contributed by atoms with Crippen molar-refractivity contribution in [3.8, 4) is 0 Å². The van der Waals surface area contributed by atoms with E-state index >= 15 is 0 Å². The van der Waals surface area contributed by atoms with Crippen LogP contribution in [0.15, 0.2) is 72.9 Å². The monoisotopic (exact) mass is 862 g/mol. The molecule has 9 heteroatoms. The molecule has 0 radical (unpaired) electrons. The Hall–Kier alpha value is -2.06. The average molecular weight is 862 g/mol. The van der Waals surface area contributed by atoms with Gasteiger partial charge in [0.15, 0.2) is 0 Å². The van der Waals surface area contributed by atoms with Crippen LogP contribution in [0.4, 0.5) is 0 Å². The second-order valence-corrected chi connectivity index (χ2v) is 17.4. The van der Waals surface area contributed by atoms with E-state index in [2.05, 4.69) is 86.8 Å². The summed E-state index contributed by atoms with van der Waals surface area (Å²) in [6.07, 6.45) is 60.6. The molecule has 0 aromatic rings. The first kappa shape index (κ1) is 57.9. The second kappa shape index (κ2) is 48.0. The lowest BCUT2D eigenvalue weighted by atomic mass is 10.1. The molecule has 60 heavy (non-hydrogen) atoms. The number of phosphoric acid groups is 1. The van der Waals surface area contributed by atoms with E-state index in [4.69, 9.17) is 24.3 Å². The van der Waals surface area contributed by atoms with Gasteiger partial charge in [0, 0.05) is 19.6 Å². The van der Waals surface area contributed by atoms with Crippen molar-refractivity contribution >= 4 is 13.8 Å². The smallest absolute Gasteiger partial charge is 0.457 e. The van der Waals surface area contributed by atoms with Crippen LogP contribution in [0.3, 0.4) is 0 Å². The van der Waals surface area contributed by atoms with Crippen LogP contribution in [0.5, 0.6) is 0 Å². The molecule has 0 amide bonds. The van der Waals surface area contributed by atoms with Crippen molar-refractivity contribution in [2.75, 3.05) is 33.0 Å². The number of nitrogens with two attached hydrogens (primary N) is 1. The van der Waals surface area contributed by atoms with Crippen molar-refractivity contribution in [3.05, 3.63) is 72.9 Å². The van der Waals surface area contributed by atoms with Gasteiger partial charge in [0.25, 0.3) is 0 Å². The predicted molar refractivity (Wildman–Crippen MR) is 256 cm³/mol. The lowest BCUT2D eigenvalue weighted by molar-refractivity contribution is -0.154. The molecule has 0 heterocycles. The Morgan fingerprint density at radius 3 is 1.35 bits per heavy atom. The first-order valence-electron chi connectivity index (χ1n) is 24.4. The largest absolute Gasteiger partial charge is 0.472 e. The van der Waals surface area contributed by atoms with E-state index in [0.29, 0.717) is 13.0 Å². The summed E-state index contributed by atoms with van der Waals surface area (Å²) in [7, 11) is -4.29. The molecule has 0 aliphatic heterocycles. The SMILES string of the molecule is CCCCC/C=C\C/C=C\C/C=C\CCCCCCCCC(=O)OC(COCCCCCCCCC/C=C\C/C=C\C/C=C\CCCCCCC)COP(=O)(O)OCCN. The van der Waals surface area contributed by atoms with Crippen LogP contribution in [0.2, 0.25) is 0 Å². The van der Waals surface area contributed by atoms with Crippen LogP contribution >= 0.6 is 7.82 Å². The number of carbonyl (C=O) groups excluding carboxylic acids is 1. The van der Waals surface area contributed by atoms with Crippen molar-refractivity contribution in [1.82, 2.24) is 0 Å². The van der Waals surface area contributed by atoms with Gasteiger partial charge in [0.1, 0.15) is 6.10 Å². The zero-order valence-electron chi connectivity index (χ0n) is 38.7. The fourth-order valence-corrected chi connectivity index (χ4v) is 7.25. The normalized spacial score (nSPS) is 14.0. The fourth-order valence-electron chi connectivity index (χ4n) is 6.48. The molecule has 8 nitrogen and oxygen atoms in total. The van der Waals surface area contributed by atoms with Gasteiger partial charge in [-0.3, -0.25) is 13.8 Å². The summed E-state index contributed by atoms with van der Waals surface area (Å²) in [4.78, 5) is 22.6. The molecule has 0 spiro atoms. The van der Waals surface area contributed by atoms with E-state index in [1.54, 1.807) is 0 Å². The molecule has 0 aromatic carbocycles. The van der Waals surface area contributed by atoms with E-state index in [1.807, 2.05) is 0 Å². The van der Waals surface area contributed by atoms with Gasteiger partial charge in [-0.1, -0.05) is 183 Å². The molecule has 0 aromatic heterocycles. The standard InChI is InChI=1S/C51H92NO7P/c1-3-5-7-9-11-13-15-17-19-21-23-24-25-27-29-31-33-35-37-39-41-43-46-56-48-50(49-58-60(54,55)57-47-45-52)59-51(53)44-42-40-38-36-34-32-30-28-26-22-20-18-16-14-12-10-8-6-4-2/h12,14-15,17-18,20-21,23,25-28,50H,3-11,13,16,19,22,24,29-49,52H2,1-2H3,(H,54,55)/b14-12-,17-15-,20-18-,23-21-,27-25-,28-26-. The minimum atomic E-state index is -4.29. The number of unbranched alkanes of at least 4 members (excludes halogenated alkanes) is 21. The number of carbonyl (C=O) groups is 1. The summed E-state index contributed by atoms with van der Waals surface area (Å²) in [5, 5.41) is 0. The molecule has 3 N–H and O–H groups in total. The van der Waals surface area contributed by atoms with Crippen LogP contribution in [0.1, 0.15) is 206 Å². The number of hydrogen-bond donors (Lipinski definition) is 2. The quantitative estimate of drug-likeness (QED) is 0.0269. The van der Waals surface area contributed by atoms with Gasteiger partial charge in [-0.05, 0) is 89.9 Å². The van der Waals surface area contributed by atoms with Crippen LogP contribution in [-0.2, 0) is 27.9 Å². The zero-order valence-corrected chi connectivity index (χ0v) is 39.6. The first-order chi connectivity index (χ1) is 29.4. The molecule has 0 aliphatic rings. The minimum absolute atomic E-state index is 0.0927. The Bertz CT molecular complexity index is 1150. The van der Waals surface area contributed by atoms with Crippen molar-refractivity contribution < 1.29 is 32.8 Å². The Kier molecular flexibility index (Phi) is 46.3. The highest BCUT2D eigenvalue weighted by Gasteiger charge is 2.25. The van der Waals surface area contributed by atoms with Gasteiger partial charge >= 0.3 is 13.8 Å². The van der Waals surface area contributed by atoms with E-state index < -0.39 is 13.9 Å². The van der Waals surface area contributed by atoms with Gasteiger partial charge in [0.05, 0.1) is 19.8 Å². The molecular weight excluding hydrogens is 770 g/mol. The molecule has 0 aliphatic carbocycles. The molecular formula is C51H92NO7P. The fraction of sp³-hybridized carbons (Fsp3) is 0.745. The van der Waals surface area contributed by atoms with Crippen molar-refractivity contribution in [2.45, 2.75) is 213 Å². The molecule has 0 bridgehead atoms. The predicted octanol–water partition coefficient (Wildman–Crippen LogP) is 15.1. The summed E-state index contributed by atoms with van der Waals surface area (Å²) >= 11 is 0. The maximum atomic E-state index is 12.6. The number of hydrogen-bond acceptors (Lipinski definition) is 7. The van der Waals surface area contributed by atoms with Crippen LogP contribution in [0, 0.1) is 0 Å². The van der Waals surface area contributed by atoms with Crippen LogP contribution in [0.25, 0.3) is 0 Å². The number of allylic oxidation sites excluding steroid dienone is 12. The third-order valence-corrected chi connectivity index (χ3v) is 11.1. The van der Waals surface area contributed by atoms with E-state index in [9.17, 15) is 14.3 Å². The summed E-state index contributed by atoms with van der Waals surface area (Å²) in [6, 6.07) is 0. The molecule has 0 fully saturated rings. The maximum absolute atomic E-state index is 12.6. The van der Waals surface area contributed by atoms with Gasteiger partial charge < -0.3 is 20.1 Å². The second-order valence-electron chi connectivity index (χ2n) is 16.0. The minimum Gasteiger partial charge on any atom is -0.457 e. The number of rotatable bonds is 46. The lowest BCUT2D eigenvalue weighted by Gasteiger charge is -2.20. The molecule has 348 valence electrons. The molecule has 0 rings (SSSR count). The van der Waals surface area contributed by atoms with Crippen LogP contribution < -0.4 is 5.73 Å². The molecule has 0 saturated carbocycles. The summed E-state index contributed by atoms with van der Waals surface area (Å²) in [6.45, 7) is 4.84. The lowest BCUT2D eigenvalue weighted by Crippen LogP contribution is -2.28. The van der Waals surface area contributed by atoms with Crippen molar-refractivity contribution in [1.29, 1.82) is 0 Å². The summed E-state index contributed by atoms with van der Waals surface area (Å²) < 4.78 is 33.5. The third kappa shape index (κ3) is 47.0. The number of phosphoric ester groups is 1. The Morgan fingerprint density at radius 2 is 0.883 bits per heavy atom. The number of esters is 1. The van der Waals surface area contributed by atoms with Crippen molar-refractivity contribution in [3.63, 3.8) is 0 Å². The topological polar surface area (TPSA) is 117 Å². The number of ether oxygens (including phenoxy) is 2. The van der Waals surface area contributed by atoms with E-state index in [1.165, 1.54) is 103 Å². The highest BCUT2D eigenvalue weighted by Crippen LogP contribution is 2.43. The Labute approximate surface area is 369 Å². The zero-order chi connectivity index (χ0) is 43.7. The average Bonchev–Trinajstić information content (AvgIpc) is 3.24. The molecule has 2 unspecified atom stereocenters. The highest BCUT2D eigenvalue weighted by atomic mass is 31.2. The third-order valence-electron chi connectivity index (χ3n) is 10.1. The van der Waals surface area contributed by atoms with Crippen LogP contribution in [-0.4, -0.2) is 49.9 Å². The maximum Gasteiger partial charge on any atom is 0.472 e. The summed E-state index contributed by atoms with van der Waals surface area (Å²) in [5.74, 6) is -0.348. The van der Waals surface area contributed by atoms with E-state index in [0.717, 1.165) is 83.5 Å². The van der Waals surface area contributed by atoms with Crippen molar-refractivity contribution in [2.24, 2.45) is 5.73 Å². The molecule has 0 saturated heterocycles. The van der Waals surface area contributed by atoms with Gasteiger partial charge in [0.2, 0.25) is 0 Å². The van der Waals surface area contributed by atoms with Gasteiger partial charge in [-0.15, -0.1) is 0 Å². The summed E-state index contributed by atoms with van der Waals surface area (Å²) in [5.41, 5.74) is 5.38. The Balaban J connectivity index is 4.04. The highest BCUT2D eigenvalue weighted by molar-refractivity contribution is 7.47. The Morgan fingerprint density at radius 1 is 0.500 bits per heavy atom. The first-order valence-corrected chi connectivity index (χ1v) is 25.9. The van der Waals surface area contributed by atoms with Gasteiger partial charge in [-0.2, -0.15) is 0 Å². The molecule has 2 atom stereocenters. The van der Waals surface area contributed by atoms with Gasteiger partial charge in [-0.25, -0.2) is 4.57 Å². The van der Waals surface area contributed by atoms with E-state index in [-0.39, 0.29) is 32.3 Å².